The van der Waals surface area contributed by atoms with Crippen LogP contribution in [0, 0.1) is 0 Å². The monoisotopic (exact) mass is 538 g/mol. The van der Waals surface area contributed by atoms with Crippen LogP contribution in [-0.4, -0.2) is 64.2 Å². The third-order valence-electron chi connectivity index (χ3n) is 6.00. The number of amides is 1. The van der Waals surface area contributed by atoms with Crippen LogP contribution < -0.4 is 5.32 Å². The number of aliphatic hydroxyl groups excluding tert-OH is 2. The molecule has 2 aromatic carbocycles. The quantitative estimate of drug-likeness (QED) is 0.479. The molecule has 0 radical (unpaired) electrons. The van der Waals surface area contributed by atoms with Gasteiger partial charge in [0.25, 0.3) is 0 Å². The van der Waals surface area contributed by atoms with E-state index in [1.807, 2.05) is 69.3 Å². The topological polar surface area (TPSA) is 82.0 Å². The van der Waals surface area contributed by atoms with E-state index in [9.17, 15) is 15.0 Å². The number of carbonyl (C=O) groups excluding carboxylic acids is 1. The molecule has 0 aromatic heterocycles. The van der Waals surface area contributed by atoms with Crippen LogP contribution in [-0.2, 0) is 17.6 Å². The van der Waals surface area contributed by atoms with Crippen molar-refractivity contribution in [2.45, 2.75) is 83.8 Å². The predicted octanol–water partition coefficient (Wildman–Crippen LogP) is 5.49. The summed E-state index contributed by atoms with van der Waals surface area (Å²) in [5.41, 5.74) is 1.82. The lowest BCUT2D eigenvalue weighted by molar-refractivity contribution is 0.0208. The average Bonchev–Trinajstić information content (AvgIpc) is 3.35. The molecule has 2 saturated heterocycles. The Hall–Kier alpha value is -1.83. The SMILES string of the molecule is C.CC(C)(C)OC(=O)N1C[C@@H](O)C[C@@H]1Cc1ccc(Cl)cc1.O[C@@H]1CN[C@@H](Cc2ccc(Cl)cc2)C1. The van der Waals surface area contributed by atoms with Crippen LogP contribution in [0.4, 0.5) is 4.79 Å². The van der Waals surface area contributed by atoms with E-state index in [0.717, 1.165) is 30.0 Å². The van der Waals surface area contributed by atoms with Crippen LogP contribution in [0.5, 0.6) is 0 Å². The van der Waals surface area contributed by atoms with Gasteiger partial charge in [-0.15, -0.1) is 0 Å². The maximum absolute atomic E-state index is 12.2. The highest BCUT2D eigenvalue weighted by Crippen LogP contribution is 2.25. The van der Waals surface area contributed by atoms with Gasteiger partial charge in [0.2, 0.25) is 0 Å². The first kappa shape index (κ1) is 30.4. The zero-order valence-corrected chi connectivity index (χ0v) is 22.1. The van der Waals surface area contributed by atoms with Gasteiger partial charge >= 0.3 is 6.09 Å². The second-order valence-corrected chi connectivity index (χ2v) is 11.2. The fourth-order valence-corrected chi connectivity index (χ4v) is 4.63. The molecular formula is C28H40Cl2N2O4. The molecule has 0 saturated carbocycles. The number of halogens is 2. The van der Waals surface area contributed by atoms with Gasteiger partial charge in [0.1, 0.15) is 5.60 Å². The molecule has 0 bridgehead atoms. The van der Waals surface area contributed by atoms with Crippen molar-refractivity contribution >= 4 is 29.3 Å². The summed E-state index contributed by atoms with van der Waals surface area (Å²) in [5, 5.41) is 24.0. The first-order chi connectivity index (χ1) is 16.5. The molecule has 200 valence electrons. The van der Waals surface area contributed by atoms with Crippen LogP contribution in [0.1, 0.15) is 52.2 Å². The Morgan fingerprint density at radius 2 is 1.47 bits per heavy atom. The van der Waals surface area contributed by atoms with Gasteiger partial charge in [-0.3, -0.25) is 0 Å². The molecule has 2 aromatic rings. The number of nitrogens with one attached hydrogen (secondary N) is 1. The molecule has 6 nitrogen and oxygen atoms in total. The van der Waals surface area contributed by atoms with Crippen LogP contribution in [0.2, 0.25) is 10.0 Å². The van der Waals surface area contributed by atoms with Crippen molar-refractivity contribution in [2.24, 2.45) is 0 Å². The van der Waals surface area contributed by atoms with Crippen LogP contribution >= 0.6 is 23.2 Å². The van der Waals surface area contributed by atoms with Gasteiger partial charge in [-0.2, -0.15) is 0 Å². The summed E-state index contributed by atoms with van der Waals surface area (Å²) in [4.78, 5) is 13.9. The third-order valence-corrected chi connectivity index (χ3v) is 6.50. The van der Waals surface area contributed by atoms with Crippen LogP contribution in [0.25, 0.3) is 0 Å². The second kappa shape index (κ2) is 13.6. The van der Waals surface area contributed by atoms with Gasteiger partial charge in [0.15, 0.2) is 0 Å². The minimum atomic E-state index is -0.532. The predicted molar refractivity (Wildman–Crippen MR) is 147 cm³/mol. The fraction of sp³-hybridized carbons (Fsp3) is 0.536. The summed E-state index contributed by atoms with van der Waals surface area (Å²) < 4.78 is 5.41. The molecule has 2 fully saturated rings. The first-order valence-electron chi connectivity index (χ1n) is 12.1. The standard InChI is InChI=1S/C16H22ClNO3.C11H14ClNO.CH4/c1-16(2,3)21-15(20)18-10-14(19)9-13(18)8-11-4-6-12(17)7-5-11;12-9-3-1-8(2-4-9)5-10-6-11(14)7-13-10;/h4-7,13-14,19H,8-10H2,1-3H3;1-4,10-11,13-14H,5-7H2;1H4/t13-,14-;10-,11-;/m00./s1. The van der Waals surface area contributed by atoms with E-state index < -0.39 is 11.7 Å². The number of hydrogen-bond acceptors (Lipinski definition) is 5. The van der Waals surface area contributed by atoms with E-state index >= 15 is 0 Å². The number of likely N-dealkylation sites (tertiary alicyclic amines) is 1. The number of hydrogen-bond donors (Lipinski definition) is 3. The third kappa shape index (κ3) is 9.91. The second-order valence-electron chi connectivity index (χ2n) is 10.3. The summed E-state index contributed by atoms with van der Waals surface area (Å²) in [6, 6.07) is 15.8. The minimum Gasteiger partial charge on any atom is -0.444 e. The lowest BCUT2D eigenvalue weighted by Gasteiger charge is -2.28. The number of aliphatic hydroxyl groups is 2. The molecule has 2 heterocycles. The highest BCUT2D eigenvalue weighted by Gasteiger charge is 2.36. The van der Waals surface area contributed by atoms with E-state index in [0.29, 0.717) is 30.5 Å². The molecular weight excluding hydrogens is 499 g/mol. The van der Waals surface area contributed by atoms with Gasteiger partial charge in [0.05, 0.1) is 18.8 Å². The average molecular weight is 540 g/mol. The summed E-state index contributed by atoms with van der Waals surface area (Å²) in [7, 11) is 0. The Balaban J connectivity index is 0.000000265. The van der Waals surface area contributed by atoms with Gasteiger partial charge in [0, 0.05) is 28.7 Å². The lowest BCUT2D eigenvalue weighted by atomic mass is 10.0. The number of carbonyl (C=O) groups is 1. The smallest absolute Gasteiger partial charge is 0.410 e. The van der Waals surface area contributed by atoms with Crippen molar-refractivity contribution in [1.29, 1.82) is 0 Å². The zero-order valence-electron chi connectivity index (χ0n) is 20.6. The van der Waals surface area contributed by atoms with Gasteiger partial charge in [-0.25, -0.2) is 4.79 Å². The van der Waals surface area contributed by atoms with Gasteiger partial charge < -0.3 is 25.2 Å². The van der Waals surface area contributed by atoms with E-state index in [1.165, 1.54) is 5.56 Å². The molecule has 4 rings (SSSR count). The van der Waals surface area contributed by atoms with Gasteiger partial charge in [-0.05, 0) is 81.8 Å². The molecule has 3 N–H and O–H groups in total. The Morgan fingerprint density at radius 1 is 0.944 bits per heavy atom. The number of rotatable bonds is 4. The minimum absolute atomic E-state index is 0. The van der Waals surface area contributed by atoms with Crippen molar-refractivity contribution in [1.82, 2.24) is 10.2 Å². The Bertz CT molecular complexity index is 948. The molecule has 4 atom stereocenters. The molecule has 2 aliphatic heterocycles. The number of benzene rings is 2. The molecule has 1 amide bonds. The number of β-amino-alcohol motifs (C(OH)–C–C–N with tert-alkyl or cyclic N) is 2. The first-order valence-corrected chi connectivity index (χ1v) is 12.8. The molecule has 0 spiro atoms. The molecule has 36 heavy (non-hydrogen) atoms. The summed E-state index contributed by atoms with van der Waals surface area (Å²) in [6.07, 6.45) is 2.05. The largest absolute Gasteiger partial charge is 0.444 e. The highest BCUT2D eigenvalue weighted by atomic mass is 35.5. The summed E-state index contributed by atoms with van der Waals surface area (Å²) in [5.74, 6) is 0. The van der Waals surface area contributed by atoms with Crippen molar-refractivity contribution < 1.29 is 19.7 Å². The Kier molecular flexibility index (Phi) is 11.5. The van der Waals surface area contributed by atoms with E-state index in [2.05, 4.69) is 5.32 Å². The van der Waals surface area contributed by atoms with Crippen LogP contribution in [0.15, 0.2) is 48.5 Å². The van der Waals surface area contributed by atoms with Crippen LogP contribution in [0.3, 0.4) is 0 Å². The lowest BCUT2D eigenvalue weighted by Crippen LogP contribution is -2.41. The summed E-state index contributed by atoms with van der Waals surface area (Å²) >= 11 is 11.7. The molecule has 2 aliphatic rings. The number of ether oxygens (including phenoxy) is 1. The molecule has 8 heteroatoms. The molecule has 0 aliphatic carbocycles. The number of nitrogens with zero attached hydrogens (tertiary/aromatic N) is 1. The Morgan fingerprint density at radius 3 is 1.94 bits per heavy atom. The van der Waals surface area contributed by atoms with Crippen molar-refractivity contribution in [3.63, 3.8) is 0 Å². The highest BCUT2D eigenvalue weighted by molar-refractivity contribution is 6.30. The van der Waals surface area contributed by atoms with E-state index in [1.54, 1.807) is 4.90 Å². The van der Waals surface area contributed by atoms with Gasteiger partial charge in [-0.1, -0.05) is 54.9 Å². The van der Waals surface area contributed by atoms with Crippen molar-refractivity contribution in [3.05, 3.63) is 69.7 Å². The fourth-order valence-electron chi connectivity index (χ4n) is 4.38. The van der Waals surface area contributed by atoms with Crippen molar-refractivity contribution in [2.75, 3.05) is 13.1 Å². The van der Waals surface area contributed by atoms with Crippen molar-refractivity contribution in [3.8, 4) is 0 Å². The Labute approximate surface area is 225 Å². The maximum Gasteiger partial charge on any atom is 0.410 e. The summed E-state index contributed by atoms with van der Waals surface area (Å²) in [6.45, 7) is 6.56. The maximum atomic E-state index is 12.2. The van der Waals surface area contributed by atoms with E-state index in [4.69, 9.17) is 27.9 Å². The molecule has 0 unspecified atom stereocenters. The normalized spacial score (nSPS) is 23.5. The van der Waals surface area contributed by atoms with E-state index in [-0.39, 0.29) is 25.7 Å². The zero-order chi connectivity index (χ0) is 25.6.